The summed E-state index contributed by atoms with van der Waals surface area (Å²) in [5.74, 6) is -0.579. The zero-order chi connectivity index (χ0) is 17.9. The predicted octanol–water partition coefficient (Wildman–Crippen LogP) is 2.14. The van der Waals surface area contributed by atoms with Gasteiger partial charge in [0.1, 0.15) is 0 Å². The number of hydrogen-bond donors (Lipinski definition) is 2. The summed E-state index contributed by atoms with van der Waals surface area (Å²) in [6.07, 6.45) is 2.22. The molecule has 11 heteroatoms. The van der Waals surface area contributed by atoms with Crippen molar-refractivity contribution < 1.29 is 14.7 Å². The molecule has 0 fully saturated rings. The number of amides is 1. The number of benzene rings is 1. The number of halogens is 2. The van der Waals surface area contributed by atoms with Gasteiger partial charge in [0.15, 0.2) is 0 Å². The fourth-order valence-corrected chi connectivity index (χ4v) is 2.03. The number of nitrogens with zero attached hydrogens (tertiary/aromatic N) is 3. The van der Waals surface area contributed by atoms with Gasteiger partial charge in [0.05, 0.1) is 22.9 Å². The van der Waals surface area contributed by atoms with Gasteiger partial charge < -0.3 is 10.6 Å². The van der Waals surface area contributed by atoms with Crippen molar-refractivity contribution in [2.75, 3.05) is 6.61 Å². The van der Waals surface area contributed by atoms with Crippen LogP contribution in [0.1, 0.15) is 24.8 Å². The zero-order valence-electron chi connectivity index (χ0n) is 12.4. The third-order valence-corrected chi connectivity index (χ3v) is 3.27. The number of carbonyl (C=O) groups is 1. The average Bonchev–Trinajstić information content (AvgIpc) is 2.49. The molecule has 0 saturated carbocycles. The van der Waals surface area contributed by atoms with Gasteiger partial charge in [-0.1, -0.05) is 29.3 Å². The lowest BCUT2D eigenvalue weighted by Crippen LogP contribution is -2.36. The highest BCUT2D eigenvalue weighted by Crippen LogP contribution is 2.22. The minimum Gasteiger partial charge on any atom is -0.368 e. The Hall–Kier alpha value is -2.39. The third kappa shape index (κ3) is 7.75. The lowest BCUT2D eigenvalue weighted by molar-refractivity contribution is -0.757. The first-order valence-electron chi connectivity index (χ1n) is 6.78. The van der Waals surface area contributed by atoms with Gasteiger partial charge in [-0.15, -0.1) is 15.2 Å². The van der Waals surface area contributed by atoms with Crippen molar-refractivity contribution >= 4 is 41.3 Å². The van der Waals surface area contributed by atoms with E-state index in [-0.39, 0.29) is 24.9 Å². The van der Waals surface area contributed by atoms with Crippen molar-refractivity contribution in [2.24, 2.45) is 15.9 Å². The van der Waals surface area contributed by atoms with Gasteiger partial charge in [0.2, 0.25) is 11.9 Å². The van der Waals surface area contributed by atoms with Crippen molar-refractivity contribution in [1.82, 2.24) is 5.32 Å². The lowest BCUT2D eigenvalue weighted by atomic mass is 10.2. The molecule has 0 aromatic heterocycles. The van der Waals surface area contributed by atoms with Crippen LogP contribution in [-0.4, -0.2) is 29.8 Å². The quantitative estimate of drug-likeness (QED) is 0.236. The van der Waals surface area contributed by atoms with Gasteiger partial charge in [-0.25, -0.2) is 0 Å². The summed E-state index contributed by atoms with van der Waals surface area (Å²) in [5.41, 5.74) is 5.99. The molecule has 1 aromatic rings. The first kappa shape index (κ1) is 19.7. The van der Waals surface area contributed by atoms with E-state index in [4.69, 9.17) is 28.9 Å². The van der Waals surface area contributed by atoms with Crippen LogP contribution in [-0.2, 0) is 9.63 Å². The van der Waals surface area contributed by atoms with E-state index in [1.54, 1.807) is 18.2 Å². The largest absolute Gasteiger partial charge is 0.368 e. The molecule has 0 heterocycles. The van der Waals surface area contributed by atoms with Crippen molar-refractivity contribution in [3.8, 4) is 0 Å². The Morgan fingerprint density at radius 1 is 1.38 bits per heavy atom. The Morgan fingerprint density at radius 2 is 2.04 bits per heavy atom. The van der Waals surface area contributed by atoms with Crippen LogP contribution in [0.4, 0.5) is 0 Å². The molecule has 3 N–H and O–H groups in total. The topological polar surface area (TPSA) is 132 Å². The monoisotopic (exact) mass is 375 g/mol. The molecule has 130 valence electrons. The maximum Gasteiger partial charge on any atom is 0.294 e. The number of carbonyl (C=O) groups excluding carboxylic acids is 1. The Bertz CT molecular complexity index is 631. The number of guanidine groups is 1. The number of hydrogen-bond acceptors (Lipinski definition) is 6. The van der Waals surface area contributed by atoms with Gasteiger partial charge in [-0.2, -0.15) is 5.10 Å². The average molecular weight is 376 g/mol. The maximum atomic E-state index is 11.6. The fourth-order valence-electron chi connectivity index (χ4n) is 1.54. The van der Waals surface area contributed by atoms with Gasteiger partial charge in [-0.05, 0) is 25.0 Å². The van der Waals surface area contributed by atoms with E-state index in [1.807, 2.05) is 0 Å². The first-order chi connectivity index (χ1) is 11.4. The Labute approximate surface area is 147 Å². The third-order valence-electron chi connectivity index (χ3n) is 2.61. The minimum absolute atomic E-state index is 0.0628. The summed E-state index contributed by atoms with van der Waals surface area (Å²) in [7, 11) is 0. The lowest BCUT2D eigenvalue weighted by Gasteiger charge is -2.03. The first-order valence-corrected chi connectivity index (χ1v) is 7.53. The molecule has 0 radical (unpaired) electrons. The molecule has 0 aliphatic rings. The molecular weight excluding hydrogens is 361 g/mol. The Balaban J connectivity index is 2.39. The van der Waals surface area contributed by atoms with Crippen molar-refractivity contribution in [1.29, 1.82) is 0 Å². The van der Waals surface area contributed by atoms with E-state index in [0.29, 0.717) is 28.5 Å². The van der Waals surface area contributed by atoms with Crippen molar-refractivity contribution in [3.63, 3.8) is 0 Å². The van der Waals surface area contributed by atoms with Crippen LogP contribution in [0.15, 0.2) is 28.4 Å². The van der Waals surface area contributed by atoms with Crippen LogP contribution in [0.5, 0.6) is 0 Å². The van der Waals surface area contributed by atoms with Crippen molar-refractivity contribution in [2.45, 2.75) is 19.3 Å². The second-order valence-corrected chi connectivity index (χ2v) is 5.24. The molecule has 9 nitrogen and oxygen atoms in total. The highest BCUT2D eigenvalue weighted by Gasteiger charge is 2.04. The standard InChI is InChI=1S/C13H15Cl2N5O4/c14-10-4-3-5-11(15)9(10)8-17-19-13(16)18-12(21)6-1-2-7-24-20(22)23/h3-5,8H,1-2,6-7H2,(H3,16,18,19,21)/b17-8+. The highest BCUT2D eigenvalue weighted by atomic mass is 35.5. The van der Waals surface area contributed by atoms with E-state index in [9.17, 15) is 14.9 Å². The maximum absolute atomic E-state index is 11.6. The zero-order valence-corrected chi connectivity index (χ0v) is 14.0. The molecule has 0 saturated heterocycles. The van der Waals surface area contributed by atoms with Gasteiger partial charge >= 0.3 is 0 Å². The second-order valence-electron chi connectivity index (χ2n) is 4.43. The Morgan fingerprint density at radius 3 is 2.67 bits per heavy atom. The second kappa shape index (κ2) is 10.4. The summed E-state index contributed by atoms with van der Waals surface area (Å²) in [6, 6.07) is 4.98. The molecule has 0 spiro atoms. The van der Waals surface area contributed by atoms with E-state index >= 15 is 0 Å². The normalized spacial score (nSPS) is 11.5. The molecule has 24 heavy (non-hydrogen) atoms. The molecule has 1 aromatic carbocycles. The summed E-state index contributed by atoms with van der Waals surface area (Å²) in [4.78, 5) is 25.6. The van der Waals surface area contributed by atoms with Crippen LogP contribution >= 0.6 is 23.2 Å². The highest BCUT2D eigenvalue weighted by molar-refractivity contribution is 6.38. The molecule has 0 unspecified atom stereocenters. The number of unbranched alkanes of at least 4 members (excludes halogenated alkanes) is 1. The van der Waals surface area contributed by atoms with Gasteiger partial charge in [-0.3, -0.25) is 10.1 Å². The molecule has 0 aliphatic heterocycles. The van der Waals surface area contributed by atoms with Crippen LogP contribution in [0.25, 0.3) is 0 Å². The molecule has 1 amide bonds. The number of nitrogens with two attached hydrogens (primary N) is 1. The van der Waals surface area contributed by atoms with Gasteiger partial charge in [0.25, 0.3) is 5.09 Å². The van der Waals surface area contributed by atoms with Crippen LogP contribution in [0.3, 0.4) is 0 Å². The van der Waals surface area contributed by atoms with Crippen LogP contribution < -0.4 is 11.1 Å². The number of nitrogens with one attached hydrogen (secondary N) is 1. The smallest absolute Gasteiger partial charge is 0.294 e. The fraction of sp³-hybridized carbons (Fsp3) is 0.308. The van der Waals surface area contributed by atoms with E-state index in [2.05, 4.69) is 20.4 Å². The van der Waals surface area contributed by atoms with Gasteiger partial charge in [0, 0.05) is 12.0 Å². The molecule has 0 aliphatic carbocycles. The summed E-state index contributed by atoms with van der Waals surface area (Å²) in [5, 5.41) is 19.5. The Kier molecular flexibility index (Phi) is 8.52. The van der Waals surface area contributed by atoms with E-state index < -0.39 is 5.09 Å². The molecule has 0 atom stereocenters. The molecule has 0 bridgehead atoms. The summed E-state index contributed by atoms with van der Waals surface area (Å²) >= 11 is 11.9. The van der Waals surface area contributed by atoms with Crippen molar-refractivity contribution in [3.05, 3.63) is 43.9 Å². The minimum atomic E-state index is -0.881. The summed E-state index contributed by atoms with van der Waals surface area (Å²) < 4.78 is 0. The summed E-state index contributed by atoms with van der Waals surface area (Å²) in [6.45, 7) is -0.0628. The predicted molar refractivity (Wildman–Crippen MR) is 90.6 cm³/mol. The van der Waals surface area contributed by atoms with E-state index in [0.717, 1.165) is 0 Å². The molecule has 1 rings (SSSR count). The SMILES string of the molecule is N/C(=N\N=C\c1c(Cl)cccc1Cl)NC(=O)CCCCO[N+](=O)[O-]. The molecular formula is C13H15Cl2N5O4. The van der Waals surface area contributed by atoms with Crippen LogP contribution in [0.2, 0.25) is 10.0 Å². The number of rotatable bonds is 8. The van der Waals surface area contributed by atoms with Crippen LogP contribution in [0, 0.1) is 10.1 Å². The van der Waals surface area contributed by atoms with E-state index in [1.165, 1.54) is 6.21 Å².